The third-order valence-corrected chi connectivity index (χ3v) is 3.70. The third kappa shape index (κ3) is 2.72. The van der Waals surface area contributed by atoms with Crippen LogP contribution < -0.4 is 5.73 Å². The molecule has 0 fully saturated rings. The molecule has 0 saturated carbocycles. The van der Waals surface area contributed by atoms with E-state index in [-0.39, 0.29) is 0 Å². The first-order valence-electron chi connectivity index (χ1n) is 5.60. The molecule has 15 heavy (non-hydrogen) atoms. The topological polar surface area (TPSA) is 56.7 Å². The summed E-state index contributed by atoms with van der Waals surface area (Å²) in [6.07, 6.45) is 4.72. The second-order valence-corrected chi connectivity index (χ2v) is 4.94. The monoisotopic (exact) mass is 226 g/mol. The lowest BCUT2D eigenvalue weighted by Crippen LogP contribution is -2.12. The number of nitrogens with two attached hydrogens (primary N) is 1. The predicted molar refractivity (Wildman–Crippen MR) is 62.8 cm³/mol. The minimum Gasteiger partial charge on any atom is -0.330 e. The molecule has 0 aromatic carbocycles. The van der Waals surface area contributed by atoms with Gasteiger partial charge in [-0.3, -0.25) is 0 Å². The molecule has 2 heterocycles. The van der Waals surface area contributed by atoms with E-state index in [2.05, 4.69) is 14.8 Å². The van der Waals surface area contributed by atoms with Crippen LogP contribution in [0.2, 0.25) is 0 Å². The molecule has 0 unspecified atom stereocenters. The lowest BCUT2D eigenvalue weighted by Gasteiger charge is -2.14. The Morgan fingerprint density at radius 2 is 2.27 bits per heavy atom. The van der Waals surface area contributed by atoms with E-state index in [0.29, 0.717) is 0 Å². The number of aromatic nitrogens is 3. The van der Waals surface area contributed by atoms with Gasteiger partial charge in [0.15, 0.2) is 0 Å². The number of thioether (sulfide) groups is 1. The van der Waals surface area contributed by atoms with E-state index in [0.717, 1.165) is 43.3 Å². The van der Waals surface area contributed by atoms with Gasteiger partial charge in [0, 0.05) is 13.0 Å². The Bertz CT molecular complexity index is 310. The van der Waals surface area contributed by atoms with Gasteiger partial charge in [-0.05, 0) is 31.6 Å². The molecule has 0 spiro atoms. The highest BCUT2D eigenvalue weighted by molar-refractivity contribution is 7.98. The Labute approximate surface area is 94.6 Å². The maximum absolute atomic E-state index is 5.45. The fraction of sp³-hybridized carbons (Fsp3) is 0.800. The first-order valence-corrected chi connectivity index (χ1v) is 6.76. The zero-order chi connectivity index (χ0) is 10.5. The molecule has 1 aromatic heterocycles. The molecular weight excluding hydrogens is 208 g/mol. The number of hydrogen-bond acceptors (Lipinski definition) is 4. The van der Waals surface area contributed by atoms with E-state index in [4.69, 9.17) is 5.73 Å². The molecule has 1 aromatic rings. The lowest BCUT2D eigenvalue weighted by molar-refractivity contribution is 0.513. The van der Waals surface area contributed by atoms with Crippen LogP contribution in [0.15, 0.2) is 0 Å². The number of nitrogens with zero attached hydrogens (tertiary/aromatic N) is 3. The van der Waals surface area contributed by atoms with Gasteiger partial charge in [-0.15, -0.1) is 10.2 Å². The minimum absolute atomic E-state index is 0.783. The Morgan fingerprint density at radius 3 is 3.13 bits per heavy atom. The van der Waals surface area contributed by atoms with Gasteiger partial charge in [-0.25, -0.2) is 0 Å². The standard InChI is InChI=1S/C10H18N4S/c11-5-3-7-15-8-10-13-12-9-4-1-2-6-14(9)10/h1-8,11H2. The van der Waals surface area contributed by atoms with Crippen LogP contribution in [0, 0.1) is 0 Å². The van der Waals surface area contributed by atoms with Gasteiger partial charge in [0.2, 0.25) is 0 Å². The average Bonchev–Trinajstić information content (AvgIpc) is 2.68. The van der Waals surface area contributed by atoms with Gasteiger partial charge in [0.05, 0.1) is 5.75 Å². The van der Waals surface area contributed by atoms with Crippen molar-refractivity contribution in [3.8, 4) is 0 Å². The molecule has 4 nitrogen and oxygen atoms in total. The Hall–Kier alpha value is -0.550. The summed E-state index contributed by atoms with van der Waals surface area (Å²) in [4.78, 5) is 0. The van der Waals surface area contributed by atoms with Crippen molar-refractivity contribution in [2.75, 3.05) is 12.3 Å². The van der Waals surface area contributed by atoms with Crippen LogP contribution in [0.25, 0.3) is 0 Å². The number of hydrogen-bond donors (Lipinski definition) is 1. The van der Waals surface area contributed by atoms with Crippen LogP contribution in [0.3, 0.4) is 0 Å². The van der Waals surface area contributed by atoms with E-state index in [1.807, 2.05) is 11.8 Å². The molecule has 0 bridgehead atoms. The van der Waals surface area contributed by atoms with Gasteiger partial charge in [0.25, 0.3) is 0 Å². The Morgan fingerprint density at radius 1 is 1.33 bits per heavy atom. The maximum Gasteiger partial charge on any atom is 0.143 e. The molecule has 0 aliphatic carbocycles. The summed E-state index contributed by atoms with van der Waals surface area (Å²) in [5.41, 5.74) is 5.45. The molecule has 2 rings (SSSR count). The molecule has 0 amide bonds. The van der Waals surface area contributed by atoms with Gasteiger partial charge in [-0.1, -0.05) is 0 Å². The summed E-state index contributed by atoms with van der Waals surface area (Å²) in [6.45, 7) is 1.89. The summed E-state index contributed by atoms with van der Waals surface area (Å²) in [6, 6.07) is 0. The SMILES string of the molecule is NCCCSCc1nnc2n1CCCC2. The number of aryl methyl sites for hydroxylation is 1. The van der Waals surface area contributed by atoms with Crippen molar-refractivity contribution in [3.63, 3.8) is 0 Å². The van der Waals surface area contributed by atoms with Crippen molar-refractivity contribution in [1.82, 2.24) is 14.8 Å². The molecular formula is C10H18N4S. The zero-order valence-corrected chi connectivity index (χ0v) is 9.80. The van der Waals surface area contributed by atoms with E-state index >= 15 is 0 Å². The molecule has 5 heteroatoms. The molecule has 1 aliphatic rings. The van der Waals surface area contributed by atoms with Crippen molar-refractivity contribution < 1.29 is 0 Å². The first kappa shape index (κ1) is 11.0. The summed E-state index contributed by atoms with van der Waals surface area (Å²) in [7, 11) is 0. The van der Waals surface area contributed by atoms with Crippen molar-refractivity contribution in [2.24, 2.45) is 5.73 Å². The fourth-order valence-corrected chi connectivity index (χ4v) is 2.74. The Kier molecular flexibility index (Phi) is 4.02. The normalized spacial score (nSPS) is 15.3. The Balaban J connectivity index is 1.88. The van der Waals surface area contributed by atoms with Crippen LogP contribution in [0.1, 0.15) is 30.9 Å². The highest BCUT2D eigenvalue weighted by Gasteiger charge is 2.14. The second kappa shape index (κ2) is 5.51. The quantitative estimate of drug-likeness (QED) is 0.766. The van der Waals surface area contributed by atoms with Gasteiger partial charge in [-0.2, -0.15) is 11.8 Å². The van der Waals surface area contributed by atoms with E-state index < -0.39 is 0 Å². The molecule has 0 saturated heterocycles. The highest BCUT2D eigenvalue weighted by atomic mass is 32.2. The molecule has 0 atom stereocenters. The average molecular weight is 226 g/mol. The van der Waals surface area contributed by atoms with Crippen molar-refractivity contribution >= 4 is 11.8 Å². The highest BCUT2D eigenvalue weighted by Crippen LogP contribution is 2.18. The largest absolute Gasteiger partial charge is 0.330 e. The van der Waals surface area contributed by atoms with Gasteiger partial charge < -0.3 is 10.3 Å². The van der Waals surface area contributed by atoms with E-state index in [1.54, 1.807) is 0 Å². The minimum atomic E-state index is 0.783. The third-order valence-electron chi connectivity index (χ3n) is 2.66. The number of rotatable bonds is 5. The smallest absolute Gasteiger partial charge is 0.143 e. The number of fused-ring (bicyclic) bond motifs is 1. The molecule has 84 valence electrons. The lowest BCUT2D eigenvalue weighted by atomic mass is 10.2. The fourth-order valence-electron chi connectivity index (χ4n) is 1.82. The van der Waals surface area contributed by atoms with Crippen LogP contribution in [0.4, 0.5) is 0 Å². The van der Waals surface area contributed by atoms with Crippen molar-refractivity contribution in [1.29, 1.82) is 0 Å². The van der Waals surface area contributed by atoms with Crippen LogP contribution in [-0.2, 0) is 18.7 Å². The molecule has 1 aliphatic heterocycles. The molecule has 2 N–H and O–H groups in total. The summed E-state index contributed by atoms with van der Waals surface area (Å²) in [5.74, 6) is 4.42. The van der Waals surface area contributed by atoms with Crippen LogP contribution in [-0.4, -0.2) is 27.1 Å². The second-order valence-electron chi connectivity index (χ2n) is 3.84. The van der Waals surface area contributed by atoms with E-state index in [9.17, 15) is 0 Å². The summed E-state index contributed by atoms with van der Waals surface area (Å²) in [5, 5.41) is 8.49. The maximum atomic E-state index is 5.45. The first-order chi connectivity index (χ1) is 7.42. The van der Waals surface area contributed by atoms with Gasteiger partial charge in [0.1, 0.15) is 11.6 Å². The van der Waals surface area contributed by atoms with Crippen LogP contribution >= 0.6 is 11.8 Å². The zero-order valence-electron chi connectivity index (χ0n) is 8.98. The predicted octanol–water partition coefficient (Wildman–Crippen LogP) is 1.20. The molecule has 0 radical (unpaired) electrons. The van der Waals surface area contributed by atoms with Crippen molar-refractivity contribution in [3.05, 3.63) is 11.6 Å². The van der Waals surface area contributed by atoms with Gasteiger partial charge >= 0.3 is 0 Å². The van der Waals surface area contributed by atoms with Crippen LogP contribution in [0.5, 0.6) is 0 Å². The summed E-state index contributed by atoms with van der Waals surface area (Å²) >= 11 is 1.91. The van der Waals surface area contributed by atoms with E-state index in [1.165, 1.54) is 18.7 Å². The van der Waals surface area contributed by atoms with Crippen molar-refractivity contribution in [2.45, 2.75) is 38.0 Å². The summed E-state index contributed by atoms with van der Waals surface area (Å²) < 4.78 is 2.29.